The van der Waals surface area contributed by atoms with Crippen LogP contribution in [0.15, 0.2) is 48.5 Å². The number of benzene rings is 2. The third-order valence-corrected chi connectivity index (χ3v) is 3.11. The maximum absolute atomic E-state index is 12.4. The average Bonchev–Trinajstić information content (AvgIpc) is 2.41. The lowest BCUT2D eigenvalue weighted by atomic mass is 10.1. The smallest absolute Gasteiger partial charge is 0.326 e. The standard InChI is InChI=1S/C16H14F3NO/c1-11-4-2-3-5-12(11)10-15(21)20-14-8-6-13(7-9-14)16(17,18)19/h2-9H,10H2,1H3,(H,20,21). The van der Waals surface area contributed by atoms with Gasteiger partial charge in [-0.05, 0) is 42.3 Å². The highest BCUT2D eigenvalue weighted by molar-refractivity contribution is 5.92. The van der Waals surface area contributed by atoms with Crippen LogP contribution in [0, 0.1) is 6.92 Å². The van der Waals surface area contributed by atoms with E-state index in [1.54, 1.807) is 0 Å². The Hall–Kier alpha value is -2.30. The molecule has 2 aromatic carbocycles. The molecule has 0 aliphatic rings. The number of nitrogens with one attached hydrogen (secondary N) is 1. The van der Waals surface area contributed by atoms with Crippen LogP contribution < -0.4 is 5.32 Å². The number of hydrogen-bond donors (Lipinski definition) is 1. The van der Waals surface area contributed by atoms with Crippen LogP contribution in [0.25, 0.3) is 0 Å². The van der Waals surface area contributed by atoms with Gasteiger partial charge in [-0.25, -0.2) is 0 Å². The summed E-state index contributed by atoms with van der Waals surface area (Å²) < 4.78 is 37.3. The molecule has 21 heavy (non-hydrogen) atoms. The van der Waals surface area contributed by atoms with E-state index in [9.17, 15) is 18.0 Å². The maximum atomic E-state index is 12.4. The molecule has 0 atom stereocenters. The summed E-state index contributed by atoms with van der Waals surface area (Å²) in [4.78, 5) is 11.9. The van der Waals surface area contributed by atoms with Gasteiger partial charge in [-0.2, -0.15) is 13.2 Å². The number of rotatable bonds is 3. The number of anilines is 1. The van der Waals surface area contributed by atoms with Crippen molar-refractivity contribution in [3.63, 3.8) is 0 Å². The number of hydrogen-bond acceptors (Lipinski definition) is 1. The first-order valence-corrected chi connectivity index (χ1v) is 6.38. The monoisotopic (exact) mass is 293 g/mol. The van der Waals surface area contributed by atoms with Crippen molar-refractivity contribution in [2.45, 2.75) is 19.5 Å². The van der Waals surface area contributed by atoms with Crippen molar-refractivity contribution < 1.29 is 18.0 Å². The van der Waals surface area contributed by atoms with Crippen LogP contribution in [0.2, 0.25) is 0 Å². The molecule has 0 unspecified atom stereocenters. The SMILES string of the molecule is Cc1ccccc1CC(=O)Nc1ccc(C(F)(F)F)cc1. The Morgan fingerprint density at radius 3 is 2.24 bits per heavy atom. The van der Waals surface area contributed by atoms with Crippen LogP contribution in [0.5, 0.6) is 0 Å². The molecule has 2 nitrogen and oxygen atoms in total. The Morgan fingerprint density at radius 1 is 1.05 bits per heavy atom. The van der Waals surface area contributed by atoms with E-state index in [0.717, 1.165) is 23.3 Å². The predicted molar refractivity (Wildman–Crippen MR) is 75.0 cm³/mol. The Morgan fingerprint density at radius 2 is 1.67 bits per heavy atom. The van der Waals surface area contributed by atoms with Gasteiger partial charge in [0.2, 0.25) is 5.91 Å². The summed E-state index contributed by atoms with van der Waals surface area (Å²) in [5.74, 6) is -0.260. The highest BCUT2D eigenvalue weighted by Gasteiger charge is 2.29. The number of alkyl halides is 3. The van der Waals surface area contributed by atoms with Gasteiger partial charge in [0.1, 0.15) is 0 Å². The van der Waals surface area contributed by atoms with Gasteiger partial charge in [0.05, 0.1) is 12.0 Å². The van der Waals surface area contributed by atoms with Crippen molar-refractivity contribution in [3.8, 4) is 0 Å². The minimum Gasteiger partial charge on any atom is -0.326 e. The predicted octanol–water partition coefficient (Wildman–Crippen LogP) is 4.20. The molecule has 0 bridgehead atoms. The van der Waals surface area contributed by atoms with E-state index in [1.165, 1.54) is 12.1 Å². The fourth-order valence-corrected chi connectivity index (χ4v) is 1.93. The lowest BCUT2D eigenvalue weighted by molar-refractivity contribution is -0.137. The van der Waals surface area contributed by atoms with Crippen molar-refractivity contribution in [3.05, 3.63) is 65.2 Å². The van der Waals surface area contributed by atoms with Gasteiger partial charge < -0.3 is 5.32 Å². The van der Waals surface area contributed by atoms with Crippen molar-refractivity contribution in [2.24, 2.45) is 0 Å². The molecular weight excluding hydrogens is 279 g/mol. The molecule has 0 aliphatic heterocycles. The van der Waals surface area contributed by atoms with Gasteiger partial charge in [-0.1, -0.05) is 24.3 Å². The van der Waals surface area contributed by atoms with Crippen LogP contribution >= 0.6 is 0 Å². The summed E-state index contributed by atoms with van der Waals surface area (Å²) in [7, 11) is 0. The maximum Gasteiger partial charge on any atom is 0.416 e. The summed E-state index contributed by atoms with van der Waals surface area (Å²) in [5.41, 5.74) is 1.50. The average molecular weight is 293 g/mol. The van der Waals surface area contributed by atoms with E-state index in [2.05, 4.69) is 5.32 Å². The van der Waals surface area contributed by atoms with Crippen LogP contribution in [-0.2, 0) is 17.4 Å². The molecule has 0 aromatic heterocycles. The lowest BCUT2D eigenvalue weighted by Crippen LogP contribution is -2.15. The van der Waals surface area contributed by atoms with E-state index in [4.69, 9.17) is 0 Å². The minimum absolute atomic E-state index is 0.188. The molecule has 0 aliphatic carbocycles. The van der Waals surface area contributed by atoms with Gasteiger partial charge >= 0.3 is 6.18 Å². The van der Waals surface area contributed by atoms with Gasteiger partial charge in [-0.15, -0.1) is 0 Å². The molecule has 2 aromatic rings. The third kappa shape index (κ3) is 4.08. The summed E-state index contributed by atoms with van der Waals surface area (Å²) in [6, 6.07) is 11.9. The van der Waals surface area contributed by atoms with E-state index < -0.39 is 11.7 Å². The molecule has 1 amide bonds. The van der Waals surface area contributed by atoms with Crippen molar-refractivity contribution in [2.75, 3.05) is 5.32 Å². The second-order valence-corrected chi connectivity index (χ2v) is 4.73. The normalized spacial score (nSPS) is 11.2. The summed E-state index contributed by atoms with van der Waals surface area (Å²) in [5, 5.41) is 2.59. The number of aryl methyl sites for hydroxylation is 1. The van der Waals surface area contributed by atoms with E-state index >= 15 is 0 Å². The van der Waals surface area contributed by atoms with Crippen LogP contribution in [0.1, 0.15) is 16.7 Å². The second kappa shape index (κ2) is 5.99. The highest BCUT2D eigenvalue weighted by Crippen LogP contribution is 2.29. The summed E-state index contributed by atoms with van der Waals surface area (Å²) >= 11 is 0. The largest absolute Gasteiger partial charge is 0.416 e. The second-order valence-electron chi connectivity index (χ2n) is 4.73. The third-order valence-electron chi connectivity index (χ3n) is 3.11. The van der Waals surface area contributed by atoms with Crippen LogP contribution in [-0.4, -0.2) is 5.91 Å². The molecule has 1 N–H and O–H groups in total. The van der Waals surface area contributed by atoms with E-state index in [1.807, 2.05) is 31.2 Å². The molecule has 0 saturated heterocycles. The number of carbonyl (C=O) groups is 1. The first-order chi connectivity index (χ1) is 9.86. The van der Waals surface area contributed by atoms with E-state index in [-0.39, 0.29) is 12.3 Å². The Kier molecular flexibility index (Phi) is 4.31. The number of carbonyl (C=O) groups excluding carboxylic acids is 1. The molecular formula is C16H14F3NO. The van der Waals surface area contributed by atoms with Gasteiger partial charge in [0.25, 0.3) is 0 Å². The van der Waals surface area contributed by atoms with Gasteiger partial charge in [-0.3, -0.25) is 4.79 Å². The van der Waals surface area contributed by atoms with Crippen LogP contribution in [0.3, 0.4) is 0 Å². The molecule has 0 saturated carbocycles. The molecule has 0 radical (unpaired) electrons. The molecule has 5 heteroatoms. The Bertz CT molecular complexity index is 633. The summed E-state index contributed by atoms with van der Waals surface area (Å²) in [6.07, 6.45) is -4.18. The molecule has 0 heterocycles. The van der Waals surface area contributed by atoms with Gasteiger partial charge in [0.15, 0.2) is 0 Å². The molecule has 0 spiro atoms. The zero-order chi connectivity index (χ0) is 15.5. The lowest BCUT2D eigenvalue weighted by Gasteiger charge is -2.09. The fraction of sp³-hybridized carbons (Fsp3) is 0.188. The Labute approximate surface area is 120 Å². The zero-order valence-corrected chi connectivity index (χ0v) is 11.4. The van der Waals surface area contributed by atoms with Crippen molar-refractivity contribution >= 4 is 11.6 Å². The Balaban J connectivity index is 2.02. The van der Waals surface area contributed by atoms with Crippen LogP contribution in [0.4, 0.5) is 18.9 Å². The highest BCUT2D eigenvalue weighted by atomic mass is 19.4. The van der Waals surface area contributed by atoms with Crippen molar-refractivity contribution in [1.82, 2.24) is 0 Å². The molecule has 110 valence electrons. The first-order valence-electron chi connectivity index (χ1n) is 6.38. The van der Waals surface area contributed by atoms with Crippen molar-refractivity contribution in [1.29, 1.82) is 0 Å². The quantitative estimate of drug-likeness (QED) is 0.903. The van der Waals surface area contributed by atoms with E-state index in [0.29, 0.717) is 5.69 Å². The number of amides is 1. The van der Waals surface area contributed by atoms with Gasteiger partial charge in [0, 0.05) is 5.69 Å². The zero-order valence-electron chi connectivity index (χ0n) is 11.4. The minimum atomic E-state index is -4.37. The topological polar surface area (TPSA) is 29.1 Å². The summed E-state index contributed by atoms with van der Waals surface area (Å²) in [6.45, 7) is 1.90. The fourth-order valence-electron chi connectivity index (χ4n) is 1.93. The number of halogens is 3. The molecule has 0 fully saturated rings. The molecule has 2 rings (SSSR count). The first kappa shape index (κ1) is 15.1.